The van der Waals surface area contributed by atoms with E-state index in [0.29, 0.717) is 17.6 Å². The number of rotatable bonds is 8. The molecule has 0 aliphatic heterocycles. The summed E-state index contributed by atoms with van der Waals surface area (Å²) in [4.78, 5) is 11.8. The third-order valence-corrected chi connectivity index (χ3v) is 4.03. The maximum Gasteiger partial charge on any atom is 0.228 e. The van der Waals surface area contributed by atoms with Crippen LogP contribution in [0.25, 0.3) is 0 Å². The lowest BCUT2D eigenvalue weighted by molar-refractivity contribution is -0.118. The van der Waals surface area contributed by atoms with E-state index in [9.17, 15) is 4.79 Å². The van der Waals surface area contributed by atoms with Gasteiger partial charge in [0.1, 0.15) is 5.01 Å². The first-order valence-corrected chi connectivity index (χ1v) is 7.32. The van der Waals surface area contributed by atoms with Crippen molar-refractivity contribution in [3.05, 3.63) is 5.01 Å². The minimum atomic E-state index is -0.258. The molecule has 1 unspecified atom stereocenters. The number of carbonyl (C=O) groups excluding carboxylic acids is 1. The summed E-state index contributed by atoms with van der Waals surface area (Å²) >= 11 is 1.43. The minimum absolute atomic E-state index is 0.149. The Kier molecular flexibility index (Phi) is 6.90. The molecule has 0 aliphatic rings. The normalized spacial score (nSPS) is 12.7. The van der Waals surface area contributed by atoms with Crippen molar-refractivity contribution in [3.63, 3.8) is 0 Å². The van der Waals surface area contributed by atoms with Crippen molar-refractivity contribution in [2.24, 2.45) is 5.73 Å². The van der Waals surface area contributed by atoms with Gasteiger partial charge in [0.15, 0.2) is 0 Å². The SMILES string of the molecule is CCC(CC)c1nnc(NC(=O)CC(CN)OC)s1. The number of nitrogens with one attached hydrogen (secondary N) is 1. The Bertz CT molecular complexity index is 389. The van der Waals surface area contributed by atoms with Crippen LogP contribution in [0.15, 0.2) is 0 Å². The van der Waals surface area contributed by atoms with Crippen LogP contribution in [0.4, 0.5) is 5.13 Å². The predicted octanol–water partition coefficient (Wildman–Crippen LogP) is 1.74. The minimum Gasteiger partial charge on any atom is -0.380 e. The summed E-state index contributed by atoms with van der Waals surface area (Å²) in [5.41, 5.74) is 5.47. The molecule has 108 valence electrons. The lowest BCUT2D eigenvalue weighted by atomic mass is 10.1. The van der Waals surface area contributed by atoms with E-state index in [-0.39, 0.29) is 18.4 Å². The molecule has 19 heavy (non-hydrogen) atoms. The average Bonchev–Trinajstić information content (AvgIpc) is 2.85. The summed E-state index contributed by atoms with van der Waals surface area (Å²) in [6, 6.07) is 0. The van der Waals surface area contributed by atoms with Crippen LogP contribution in [0.3, 0.4) is 0 Å². The first-order valence-electron chi connectivity index (χ1n) is 6.50. The lowest BCUT2D eigenvalue weighted by Crippen LogP contribution is -2.28. The highest BCUT2D eigenvalue weighted by molar-refractivity contribution is 7.15. The average molecular weight is 286 g/mol. The number of ether oxygens (including phenoxy) is 1. The molecule has 0 aliphatic carbocycles. The highest BCUT2D eigenvalue weighted by Crippen LogP contribution is 2.28. The summed E-state index contributed by atoms with van der Waals surface area (Å²) in [7, 11) is 1.54. The van der Waals surface area contributed by atoms with Crippen LogP contribution >= 0.6 is 11.3 Å². The van der Waals surface area contributed by atoms with E-state index in [1.807, 2.05) is 0 Å². The van der Waals surface area contributed by atoms with Crippen LogP contribution in [0, 0.1) is 0 Å². The molecule has 0 saturated carbocycles. The summed E-state index contributed by atoms with van der Waals surface area (Å²) < 4.78 is 5.07. The molecular weight excluding hydrogens is 264 g/mol. The number of nitrogens with zero attached hydrogens (tertiary/aromatic N) is 2. The second-order valence-corrected chi connectivity index (χ2v) is 5.31. The Morgan fingerprint density at radius 2 is 2.11 bits per heavy atom. The van der Waals surface area contributed by atoms with Gasteiger partial charge in [0.2, 0.25) is 11.0 Å². The van der Waals surface area contributed by atoms with Crippen LogP contribution in [-0.4, -0.2) is 35.9 Å². The molecule has 1 aromatic rings. The Morgan fingerprint density at radius 3 is 2.63 bits per heavy atom. The molecule has 1 aromatic heterocycles. The van der Waals surface area contributed by atoms with Crippen molar-refractivity contribution < 1.29 is 9.53 Å². The first-order chi connectivity index (χ1) is 9.14. The second kappa shape index (κ2) is 8.19. The van der Waals surface area contributed by atoms with Crippen molar-refractivity contribution in [2.45, 2.75) is 45.1 Å². The monoisotopic (exact) mass is 286 g/mol. The summed E-state index contributed by atoms with van der Waals surface area (Å²) in [5.74, 6) is 0.267. The molecule has 0 saturated heterocycles. The van der Waals surface area contributed by atoms with Gasteiger partial charge in [0.05, 0.1) is 12.5 Å². The highest BCUT2D eigenvalue weighted by Gasteiger charge is 2.16. The van der Waals surface area contributed by atoms with E-state index in [1.165, 1.54) is 11.3 Å². The van der Waals surface area contributed by atoms with E-state index in [4.69, 9.17) is 10.5 Å². The van der Waals surface area contributed by atoms with Crippen LogP contribution in [0.5, 0.6) is 0 Å². The van der Waals surface area contributed by atoms with Crippen LogP contribution in [0.2, 0.25) is 0 Å². The largest absolute Gasteiger partial charge is 0.380 e. The van der Waals surface area contributed by atoms with E-state index >= 15 is 0 Å². The fourth-order valence-electron chi connectivity index (χ4n) is 1.73. The molecule has 1 atom stereocenters. The van der Waals surface area contributed by atoms with Gasteiger partial charge in [-0.15, -0.1) is 10.2 Å². The van der Waals surface area contributed by atoms with Gasteiger partial charge in [-0.2, -0.15) is 0 Å². The van der Waals surface area contributed by atoms with Gasteiger partial charge in [-0.3, -0.25) is 4.79 Å². The van der Waals surface area contributed by atoms with Crippen molar-refractivity contribution in [2.75, 3.05) is 19.0 Å². The molecule has 0 fully saturated rings. The van der Waals surface area contributed by atoms with Gasteiger partial charge in [-0.05, 0) is 12.8 Å². The Morgan fingerprint density at radius 1 is 1.42 bits per heavy atom. The van der Waals surface area contributed by atoms with Crippen LogP contribution in [0.1, 0.15) is 44.0 Å². The van der Waals surface area contributed by atoms with Crippen molar-refractivity contribution in [1.82, 2.24) is 10.2 Å². The van der Waals surface area contributed by atoms with Crippen molar-refractivity contribution >= 4 is 22.4 Å². The molecule has 1 amide bonds. The number of nitrogens with two attached hydrogens (primary N) is 1. The van der Waals surface area contributed by atoms with E-state index < -0.39 is 0 Å². The van der Waals surface area contributed by atoms with Crippen LogP contribution in [-0.2, 0) is 9.53 Å². The smallest absolute Gasteiger partial charge is 0.228 e. The van der Waals surface area contributed by atoms with Crippen molar-refractivity contribution in [1.29, 1.82) is 0 Å². The number of aromatic nitrogens is 2. The number of amides is 1. The van der Waals surface area contributed by atoms with Gasteiger partial charge >= 0.3 is 0 Å². The predicted molar refractivity (Wildman–Crippen MR) is 76.3 cm³/mol. The molecule has 3 N–H and O–H groups in total. The zero-order valence-corrected chi connectivity index (χ0v) is 12.5. The number of anilines is 1. The Labute approximate surface area is 117 Å². The Hall–Kier alpha value is -1.05. The molecular formula is C12H22N4O2S. The van der Waals surface area contributed by atoms with Crippen LogP contribution < -0.4 is 11.1 Å². The van der Waals surface area contributed by atoms with E-state index in [1.54, 1.807) is 7.11 Å². The molecule has 0 spiro atoms. The van der Waals surface area contributed by atoms with E-state index in [2.05, 4.69) is 29.4 Å². The molecule has 6 nitrogen and oxygen atoms in total. The zero-order chi connectivity index (χ0) is 14.3. The topological polar surface area (TPSA) is 90.1 Å². The first kappa shape index (κ1) is 16.0. The zero-order valence-electron chi connectivity index (χ0n) is 11.7. The van der Waals surface area contributed by atoms with Gasteiger partial charge in [-0.25, -0.2) is 0 Å². The number of hydrogen-bond donors (Lipinski definition) is 2. The van der Waals surface area contributed by atoms with Gasteiger partial charge in [0.25, 0.3) is 0 Å². The molecule has 1 rings (SSSR count). The van der Waals surface area contributed by atoms with Crippen molar-refractivity contribution in [3.8, 4) is 0 Å². The molecule has 0 aromatic carbocycles. The second-order valence-electron chi connectivity index (χ2n) is 4.30. The Balaban J connectivity index is 2.56. The van der Waals surface area contributed by atoms with Gasteiger partial charge < -0.3 is 15.8 Å². The number of carbonyl (C=O) groups is 1. The lowest BCUT2D eigenvalue weighted by Gasteiger charge is -2.11. The van der Waals surface area contributed by atoms with Gasteiger partial charge in [0, 0.05) is 19.6 Å². The quantitative estimate of drug-likeness (QED) is 0.759. The van der Waals surface area contributed by atoms with E-state index in [0.717, 1.165) is 17.8 Å². The van der Waals surface area contributed by atoms with Gasteiger partial charge in [-0.1, -0.05) is 25.2 Å². The standard InChI is InChI=1S/C12H22N4O2S/c1-4-8(5-2)11-15-16-12(19-11)14-10(17)6-9(7-13)18-3/h8-9H,4-7,13H2,1-3H3,(H,14,16,17). The molecule has 1 heterocycles. The maximum atomic E-state index is 11.8. The summed E-state index contributed by atoms with van der Waals surface area (Å²) in [6.45, 7) is 4.57. The summed E-state index contributed by atoms with van der Waals surface area (Å²) in [5, 5.41) is 12.4. The molecule has 7 heteroatoms. The fourth-order valence-corrected chi connectivity index (χ4v) is 2.75. The fraction of sp³-hybridized carbons (Fsp3) is 0.750. The number of methoxy groups -OCH3 is 1. The maximum absolute atomic E-state index is 11.8. The number of hydrogen-bond acceptors (Lipinski definition) is 6. The molecule has 0 bridgehead atoms. The highest BCUT2D eigenvalue weighted by atomic mass is 32.1. The third kappa shape index (κ3) is 4.85. The molecule has 0 radical (unpaired) electrons. The third-order valence-electron chi connectivity index (χ3n) is 3.03. The summed E-state index contributed by atoms with van der Waals surface area (Å²) in [6.07, 6.45) is 2.02.